The first-order valence-corrected chi connectivity index (χ1v) is 5.31. The molecule has 2 aromatic heterocycles. The second-order valence-corrected chi connectivity index (χ2v) is 3.82. The predicted molar refractivity (Wildman–Crippen MR) is 57.9 cm³/mol. The zero-order valence-corrected chi connectivity index (χ0v) is 9.25. The molecule has 0 aliphatic carbocycles. The third-order valence-electron chi connectivity index (χ3n) is 2.09. The second kappa shape index (κ2) is 3.86. The summed E-state index contributed by atoms with van der Waals surface area (Å²) in [6.45, 7) is 0. The van der Waals surface area contributed by atoms with Gasteiger partial charge >= 0.3 is 5.97 Å². The van der Waals surface area contributed by atoms with Crippen LogP contribution in [0.2, 0.25) is 0 Å². The van der Waals surface area contributed by atoms with Crippen LogP contribution in [0.25, 0.3) is 11.3 Å². The highest BCUT2D eigenvalue weighted by molar-refractivity contribution is 7.08. The lowest BCUT2D eigenvalue weighted by molar-refractivity contribution is 0.0588. The Hall–Kier alpha value is -1.62. The number of thiophene rings is 1. The molecule has 5 heteroatoms. The van der Waals surface area contributed by atoms with Gasteiger partial charge in [0.25, 0.3) is 0 Å². The number of nitrogens with zero attached hydrogens (tertiary/aromatic N) is 2. The number of carbonyl (C=O) groups is 1. The molecule has 4 nitrogen and oxygen atoms in total. The van der Waals surface area contributed by atoms with Crippen molar-refractivity contribution in [2.75, 3.05) is 7.11 Å². The summed E-state index contributed by atoms with van der Waals surface area (Å²) in [6, 6.07) is 3.70. The van der Waals surface area contributed by atoms with Crippen molar-refractivity contribution in [3.05, 3.63) is 28.6 Å². The van der Waals surface area contributed by atoms with Crippen molar-refractivity contribution < 1.29 is 9.53 Å². The summed E-state index contributed by atoms with van der Waals surface area (Å²) in [4.78, 5) is 11.3. The molecule has 2 aromatic rings. The van der Waals surface area contributed by atoms with Gasteiger partial charge in [0, 0.05) is 18.0 Å². The minimum Gasteiger partial charge on any atom is -0.464 e. The molecule has 0 unspecified atom stereocenters. The molecule has 78 valence electrons. The smallest absolute Gasteiger partial charge is 0.356 e. The number of methoxy groups -OCH3 is 1. The summed E-state index contributed by atoms with van der Waals surface area (Å²) in [6.07, 6.45) is 0. The minimum absolute atomic E-state index is 0.369. The zero-order valence-electron chi connectivity index (χ0n) is 8.43. The van der Waals surface area contributed by atoms with Crippen LogP contribution in [0, 0.1) is 0 Å². The van der Waals surface area contributed by atoms with Crippen molar-refractivity contribution >= 4 is 17.3 Å². The van der Waals surface area contributed by atoms with Crippen molar-refractivity contribution in [1.82, 2.24) is 9.78 Å². The Labute approximate surface area is 91.1 Å². The van der Waals surface area contributed by atoms with E-state index in [0.29, 0.717) is 5.69 Å². The molecule has 0 saturated heterocycles. The van der Waals surface area contributed by atoms with Gasteiger partial charge in [-0.2, -0.15) is 16.4 Å². The number of hydrogen-bond acceptors (Lipinski definition) is 4. The van der Waals surface area contributed by atoms with E-state index in [2.05, 4.69) is 9.84 Å². The van der Waals surface area contributed by atoms with Crippen LogP contribution in [0.15, 0.2) is 22.9 Å². The van der Waals surface area contributed by atoms with Crippen molar-refractivity contribution in [2.24, 2.45) is 7.05 Å². The van der Waals surface area contributed by atoms with Crippen molar-refractivity contribution in [3.8, 4) is 11.3 Å². The summed E-state index contributed by atoms with van der Waals surface area (Å²) in [5.74, 6) is -0.369. The summed E-state index contributed by atoms with van der Waals surface area (Å²) >= 11 is 1.60. The second-order valence-electron chi connectivity index (χ2n) is 3.04. The molecule has 2 heterocycles. The number of esters is 1. The van der Waals surface area contributed by atoms with Gasteiger partial charge in [-0.05, 0) is 17.5 Å². The molecule has 0 amide bonds. The average Bonchev–Trinajstić information content (AvgIpc) is 2.84. The van der Waals surface area contributed by atoms with Gasteiger partial charge in [0.05, 0.1) is 12.8 Å². The first kappa shape index (κ1) is 9.92. The molecule has 0 bridgehead atoms. The highest BCUT2D eigenvalue weighted by atomic mass is 32.1. The standard InChI is InChI=1S/C10H10N2O2S/c1-12-9(10(13)14-2)5-8(11-12)7-3-4-15-6-7/h3-6H,1-2H3. The highest BCUT2D eigenvalue weighted by Crippen LogP contribution is 2.21. The van der Waals surface area contributed by atoms with Crippen LogP contribution in [-0.4, -0.2) is 22.9 Å². The van der Waals surface area contributed by atoms with E-state index in [1.54, 1.807) is 24.5 Å². The molecule has 0 spiro atoms. The fraction of sp³-hybridized carbons (Fsp3) is 0.200. The van der Waals surface area contributed by atoms with E-state index < -0.39 is 0 Å². The Bertz CT molecular complexity index is 474. The Kier molecular flexibility index (Phi) is 2.55. The molecule has 0 aliphatic heterocycles. The first-order valence-electron chi connectivity index (χ1n) is 4.37. The van der Waals surface area contributed by atoms with Crippen LogP contribution in [0.3, 0.4) is 0 Å². The fourth-order valence-electron chi connectivity index (χ4n) is 1.31. The van der Waals surface area contributed by atoms with Gasteiger partial charge in [0.2, 0.25) is 0 Å². The molecule has 0 aromatic carbocycles. The van der Waals surface area contributed by atoms with Crippen molar-refractivity contribution in [1.29, 1.82) is 0 Å². The van der Waals surface area contributed by atoms with Gasteiger partial charge in [-0.25, -0.2) is 4.79 Å². The lowest BCUT2D eigenvalue weighted by Crippen LogP contribution is -2.07. The number of carbonyl (C=O) groups excluding carboxylic acids is 1. The summed E-state index contributed by atoms with van der Waals surface area (Å²) in [7, 11) is 3.09. The number of ether oxygens (including phenoxy) is 1. The topological polar surface area (TPSA) is 44.1 Å². The van der Waals surface area contributed by atoms with E-state index in [4.69, 9.17) is 0 Å². The number of rotatable bonds is 2. The van der Waals surface area contributed by atoms with Gasteiger partial charge < -0.3 is 4.74 Å². The molecule has 0 radical (unpaired) electrons. The molecule has 0 fully saturated rings. The SMILES string of the molecule is COC(=O)c1cc(-c2ccsc2)nn1C. The van der Waals surface area contributed by atoms with Gasteiger partial charge in [-0.3, -0.25) is 4.68 Å². The third kappa shape index (κ3) is 1.78. The van der Waals surface area contributed by atoms with Crippen LogP contribution >= 0.6 is 11.3 Å². The maximum absolute atomic E-state index is 11.3. The minimum atomic E-state index is -0.369. The molecule has 0 atom stereocenters. The van der Waals surface area contributed by atoms with Crippen molar-refractivity contribution in [3.63, 3.8) is 0 Å². The monoisotopic (exact) mass is 222 g/mol. The van der Waals surface area contributed by atoms with Gasteiger partial charge in [-0.15, -0.1) is 0 Å². The lowest BCUT2D eigenvalue weighted by atomic mass is 10.2. The average molecular weight is 222 g/mol. The number of aromatic nitrogens is 2. The largest absolute Gasteiger partial charge is 0.464 e. The van der Waals surface area contributed by atoms with Crippen LogP contribution in [0.4, 0.5) is 0 Å². The van der Waals surface area contributed by atoms with E-state index in [9.17, 15) is 4.79 Å². The summed E-state index contributed by atoms with van der Waals surface area (Å²) in [5.41, 5.74) is 2.27. The number of aryl methyl sites for hydroxylation is 1. The molecular formula is C10H10N2O2S. The molecule has 0 N–H and O–H groups in total. The normalized spacial score (nSPS) is 10.3. The van der Waals surface area contributed by atoms with Gasteiger partial charge in [0.1, 0.15) is 5.69 Å². The van der Waals surface area contributed by atoms with Gasteiger partial charge in [0.15, 0.2) is 0 Å². The lowest BCUT2D eigenvalue weighted by Gasteiger charge is -1.96. The van der Waals surface area contributed by atoms with E-state index in [0.717, 1.165) is 11.3 Å². The third-order valence-corrected chi connectivity index (χ3v) is 2.77. The van der Waals surface area contributed by atoms with Gasteiger partial charge in [-0.1, -0.05) is 0 Å². The summed E-state index contributed by atoms with van der Waals surface area (Å²) in [5, 5.41) is 8.21. The predicted octanol–water partition coefficient (Wildman–Crippen LogP) is 1.94. The van der Waals surface area contributed by atoms with Crippen LogP contribution < -0.4 is 0 Å². The van der Waals surface area contributed by atoms with E-state index in [-0.39, 0.29) is 5.97 Å². The van der Waals surface area contributed by atoms with Crippen molar-refractivity contribution in [2.45, 2.75) is 0 Å². The maximum atomic E-state index is 11.3. The fourth-order valence-corrected chi connectivity index (χ4v) is 1.96. The van der Waals surface area contributed by atoms with E-state index >= 15 is 0 Å². The zero-order chi connectivity index (χ0) is 10.8. The van der Waals surface area contributed by atoms with Crippen LogP contribution in [-0.2, 0) is 11.8 Å². The molecule has 15 heavy (non-hydrogen) atoms. The highest BCUT2D eigenvalue weighted by Gasteiger charge is 2.14. The van der Waals surface area contributed by atoms with E-state index in [1.165, 1.54) is 11.8 Å². The maximum Gasteiger partial charge on any atom is 0.356 e. The van der Waals surface area contributed by atoms with Crippen LogP contribution in [0.1, 0.15) is 10.5 Å². The Morgan fingerprint density at radius 2 is 2.40 bits per heavy atom. The van der Waals surface area contributed by atoms with E-state index in [1.807, 2.05) is 16.8 Å². The number of hydrogen-bond donors (Lipinski definition) is 0. The Morgan fingerprint density at radius 1 is 1.60 bits per heavy atom. The molecule has 0 aliphatic rings. The quantitative estimate of drug-likeness (QED) is 0.729. The Balaban J connectivity index is 2.41. The Morgan fingerprint density at radius 3 is 3.00 bits per heavy atom. The molecule has 0 saturated carbocycles. The van der Waals surface area contributed by atoms with Crippen LogP contribution in [0.5, 0.6) is 0 Å². The summed E-state index contributed by atoms with van der Waals surface area (Å²) < 4.78 is 6.18. The molecular weight excluding hydrogens is 212 g/mol. The molecule has 2 rings (SSSR count). The first-order chi connectivity index (χ1) is 7.22.